The lowest BCUT2D eigenvalue weighted by Gasteiger charge is -2.24. The lowest BCUT2D eigenvalue weighted by molar-refractivity contribution is 0.112. The van der Waals surface area contributed by atoms with Crippen LogP contribution in [0.15, 0.2) is 24.3 Å². The Balaban J connectivity index is 2.63. The summed E-state index contributed by atoms with van der Waals surface area (Å²) in [6.45, 7) is 7.23. The zero-order chi connectivity index (χ0) is 12.7. The normalized spacial score (nSPS) is 13.0. The molecule has 1 aromatic carbocycles. The summed E-state index contributed by atoms with van der Waals surface area (Å²) in [5, 5.41) is 10.3. The molecule has 0 radical (unpaired) electrons. The summed E-state index contributed by atoms with van der Waals surface area (Å²) in [7, 11) is 0. The zero-order valence-electron chi connectivity index (χ0n) is 10.7. The number of aliphatic hydroxyl groups is 1. The van der Waals surface area contributed by atoms with Crippen molar-refractivity contribution in [1.29, 1.82) is 0 Å². The van der Waals surface area contributed by atoms with Crippen molar-refractivity contribution in [3.8, 4) is 0 Å². The van der Waals surface area contributed by atoms with E-state index in [4.69, 9.17) is 0 Å². The summed E-state index contributed by atoms with van der Waals surface area (Å²) in [5.41, 5.74) is 1.05. The quantitative estimate of drug-likeness (QED) is 0.764. The van der Waals surface area contributed by atoms with E-state index in [0.717, 1.165) is 41.6 Å². The summed E-state index contributed by atoms with van der Waals surface area (Å²) in [5.74, 6) is 0. The number of hydrogen-bond acceptors (Lipinski definition) is 2. The topological polar surface area (TPSA) is 23.5 Å². The predicted molar refractivity (Wildman–Crippen MR) is 81.1 cm³/mol. The number of halogens is 1. The molecule has 96 valence electrons. The predicted octanol–water partition coefficient (Wildman–Crippen LogP) is 3.45. The SMILES string of the molecule is CCCN(CCC)CC(O)c1ccccc1I. The molecular formula is C14H22INO. The van der Waals surface area contributed by atoms with Crippen LogP contribution in [0.3, 0.4) is 0 Å². The molecule has 1 atom stereocenters. The molecule has 2 nitrogen and oxygen atoms in total. The molecule has 1 unspecified atom stereocenters. The summed E-state index contributed by atoms with van der Waals surface area (Å²) in [6.07, 6.45) is 1.90. The van der Waals surface area contributed by atoms with Gasteiger partial charge in [0.25, 0.3) is 0 Å². The third-order valence-corrected chi connectivity index (χ3v) is 3.76. The second-order valence-corrected chi connectivity index (χ2v) is 5.50. The number of benzene rings is 1. The standard InChI is InChI=1S/C14H22INO/c1-3-9-16(10-4-2)11-14(17)12-7-5-6-8-13(12)15/h5-8,14,17H,3-4,9-11H2,1-2H3. The monoisotopic (exact) mass is 347 g/mol. The van der Waals surface area contributed by atoms with Gasteiger partial charge in [-0.15, -0.1) is 0 Å². The molecule has 0 bridgehead atoms. The molecule has 0 heterocycles. The average Bonchev–Trinajstić information content (AvgIpc) is 2.30. The Labute approximate surface area is 118 Å². The van der Waals surface area contributed by atoms with Crippen LogP contribution in [0.25, 0.3) is 0 Å². The van der Waals surface area contributed by atoms with Gasteiger partial charge in [0.15, 0.2) is 0 Å². The zero-order valence-corrected chi connectivity index (χ0v) is 12.9. The smallest absolute Gasteiger partial charge is 0.0927 e. The van der Waals surface area contributed by atoms with Gasteiger partial charge < -0.3 is 10.0 Å². The number of nitrogens with zero attached hydrogens (tertiary/aromatic N) is 1. The third kappa shape index (κ3) is 4.94. The van der Waals surface area contributed by atoms with Gasteiger partial charge in [-0.05, 0) is 60.2 Å². The van der Waals surface area contributed by atoms with Crippen molar-refractivity contribution in [2.24, 2.45) is 0 Å². The number of hydrogen-bond donors (Lipinski definition) is 1. The molecule has 0 fully saturated rings. The van der Waals surface area contributed by atoms with Gasteiger partial charge in [-0.2, -0.15) is 0 Å². The highest BCUT2D eigenvalue weighted by molar-refractivity contribution is 14.1. The van der Waals surface area contributed by atoms with Crippen LogP contribution in [0.4, 0.5) is 0 Å². The molecule has 3 heteroatoms. The van der Waals surface area contributed by atoms with Crippen molar-refractivity contribution >= 4 is 22.6 Å². The Morgan fingerprint density at radius 3 is 2.29 bits per heavy atom. The van der Waals surface area contributed by atoms with Crippen molar-refractivity contribution in [1.82, 2.24) is 4.90 Å². The van der Waals surface area contributed by atoms with Gasteiger partial charge in [-0.25, -0.2) is 0 Å². The second kappa shape index (κ2) is 8.06. The molecule has 1 N–H and O–H groups in total. The van der Waals surface area contributed by atoms with E-state index in [0.29, 0.717) is 0 Å². The molecule has 0 aliphatic carbocycles. The fourth-order valence-corrected chi connectivity index (χ4v) is 2.76. The van der Waals surface area contributed by atoms with E-state index < -0.39 is 0 Å². The maximum atomic E-state index is 10.3. The van der Waals surface area contributed by atoms with Crippen LogP contribution in [0.1, 0.15) is 38.4 Å². The van der Waals surface area contributed by atoms with Gasteiger partial charge in [0.2, 0.25) is 0 Å². The van der Waals surface area contributed by atoms with Crippen LogP contribution in [0, 0.1) is 3.57 Å². The second-order valence-electron chi connectivity index (χ2n) is 4.34. The molecule has 0 amide bonds. The molecular weight excluding hydrogens is 325 g/mol. The first-order valence-corrected chi connectivity index (χ1v) is 7.41. The minimum Gasteiger partial charge on any atom is -0.387 e. The van der Waals surface area contributed by atoms with Crippen molar-refractivity contribution in [2.45, 2.75) is 32.8 Å². The van der Waals surface area contributed by atoms with E-state index >= 15 is 0 Å². The molecule has 17 heavy (non-hydrogen) atoms. The lowest BCUT2D eigenvalue weighted by atomic mass is 10.1. The summed E-state index contributed by atoms with van der Waals surface area (Å²) < 4.78 is 1.14. The third-order valence-electron chi connectivity index (χ3n) is 2.78. The van der Waals surface area contributed by atoms with Gasteiger partial charge >= 0.3 is 0 Å². The Hall–Kier alpha value is -0.130. The van der Waals surface area contributed by atoms with E-state index in [2.05, 4.69) is 41.3 Å². The van der Waals surface area contributed by atoms with Gasteiger partial charge in [0, 0.05) is 10.1 Å². The first kappa shape index (κ1) is 14.9. The fraction of sp³-hybridized carbons (Fsp3) is 0.571. The summed E-state index contributed by atoms with van der Waals surface area (Å²) >= 11 is 2.29. The Morgan fingerprint density at radius 1 is 1.18 bits per heavy atom. The minimum atomic E-state index is -0.374. The van der Waals surface area contributed by atoms with Gasteiger partial charge in [0.05, 0.1) is 6.10 Å². The lowest BCUT2D eigenvalue weighted by Crippen LogP contribution is -2.30. The first-order valence-electron chi connectivity index (χ1n) is 6.33. The van der Waals surface area contributed by atoms with E-state index in [-0.39, 0.29) is 6.10 Å². The molecule has 0 aliphatic heterocycles. The molecule has 0 saturated heterocycles. The van der Waals surface area contributed by atoms with Crippen LogP contribution in [-0.2, 0) is 0 Å². The van der Waals surface area contributed by atoms with Crippen molar-refractivity contribution in [3.05, 3.63) is 33.4 Å². The highest BCUT2D eigenvalue weighted by Gasteiger charge is 2.14. The fourth-order valence-electron chi connectivity index (χ4n) is 2.02. The largest absolute Gasteiger partial charge is 0.387 e. The number of aliphatic hydroxyl groups excluding tert-OH is 1. The van der Waals surface area contributed by atoms with Crippen molar-refractivity contribution in [2.75, 3.05) is 19.6 Å². The molecule has 1 aromatic rings. The Kier molecular flexibility index (Phi) is 7.08. The van der Waals surface area contributed by atoms with E-state index in [1.807, 2.05) is 24.3 Å². The van der Waals surface area contributed by atoms with Crippen LogP contribution < -0.4 is 0 Å². The Bertz CT molecular complexity index is 324. The summed E-state index contributed by atoms with van der Waals surface area (Å²) in [4.78, 5) is 2.34. The van der Waals surface area contributed by atoms with Crippen LogP contribution in [-0.4, -0.2) is 29.6 Å². The maximum absolute atomic E-state index is 10.3. The molecule has 0 aliphatic rings. The number of rotatable bonds is 7. The van der Waals surface area contributed by atoms with Crippen LogP contribution in [0.5, 0.6) is 0 Å². The summed E-state index contributed by atoms with van der Waals surface area (Å²) in [6, 6.07) is 8.06. The maximum Gasteiger partial charge on any atom is 0.0927 e. The first-order chi connectivity index (χ1) is 8.19. The van der Waals surface area contributed by atoms with Crippen molar-refractivity contribution in [3.63, 3.8) is 0 Å². The van der Waals surface area contributed by atoms with Crippen LogP contribution in [0.2, 0.25) is 0 Å². The van der Waals surface area contributed by atoms with Gasteiger partial charge in [-0.1, -0.05) is 32.0 Å². The van der Waals surface area contributed by atoms with E-state index in [9.17, 15) is 5.11 Å². The van der Waals surface area contributed by atoms with Gasteiger partial charge in [-0.3, -0.25) is 0 Å². The van der Waals surface area contributed by atoms with Gasteiger partial charge in [0.1, 0.15) is 0 Å². The highest BCUT2D eigenvalue weighted by atomic mass is 127. The van der Waals surface area contributed by atoms with E-state index in [1.54, 1.807) is 0 Å². The van der Waals surface area contributed by atoms with Crippen molar-refractivity contribution < 1.29 is 5.11 Å². The Morgan fingerprint density at radius 2 is 1.76 bits per heavy atom. The highest BCUT2D eigenvalue weighted by Crippen LogP contribution is 2.20. The molecule has 0 aromatic heterocycles. The van der Waals surface area contributed by atoms with Crippen LogP contribution >= 0.6 is 22.6 Å². The van der Waals surface area contributed by atoms with E-state index in [1.165, 1.54) is 0 Å². The molecule has 0 saturated carbocycles. The minimum absolute atomic E-state index is 0.374. The molecule has 1 rings (SSSR count). The molecule has 0 spiro atoms. The average molecular weight is 347 g/mol.